The number of amides is 3. The molecule has 0 aliphatic carbocycles. The van der Waals surface area contributed by atoms with E-state index in [1.165, 1.54) is 4.90 Å². The van der Waals surface area contributed by atoms with Gasteiger partial charge in [-0.3, -0.25) is 4.79 Å². The molecule has 1 fully saturated rings. The molecule has 1 saturated heterocycles. The maximum atomic E-state index is 12.0. The number of rotatable bonds is 4. The molecule has 0 aromatic carbocycles. The van der Waals surface area contributed by atoms with Gasteiger partial charge in [-0.2, -0.15) is 0 Å². The third kappa shape index (κ3) is 4.42. The fourth-order valence-electron chi connectivity index (χ4n) is 1.95. The molecule has 108 valence electrons. The van der Waals surface area contributed by atoms with Crippen LogP contribution in [0, 0.1) is 0 Å². The Hall–Kier alpha value is -1.79. The molecular weight excluding hydrogens is 250 g/mol. The van der Waals surface area contributed by atoms with Gasteiger partial charge in [-0.15, -0.1) is 0 Å². The van der Waals surface area contributed by atoms with Crippen molar-refractivity contribution in [1.29, 1.82) is 0 Å². The van der Waals surface area contributed by atoms with Crippen molar-refractivity contribution in [2.24, 2.45) is 0 Å². The van der Waals surface area contributed by atoms with Crippen LogP contribution in [0.25, 0.3) is 0 Å². The van der Waals surface area contributed by atoms with Crippen LogP contribution in [0.3, 0.4) is 0 Å². The molecule has 1 aliphatic rings. The van der Waals surface area contributed by atoms with Gasteiger partial charge >= 0.3 is 12.0 Å². The highest BCUT2D eigenvalue weighted by Crippen LogP contribution is 2.04. The number of carbonyl (C=O) groups excluding carboxylic acids is 2. The zero-order chi connectivity index (χ0) is 14.4. The van der Waals surface area contributed by atoms with E-state index >= 15 is 0 Å². The topological polar surface area (TPSA) is 90.0 Å². The van der Waals surface area contributed by atoms with E-state index in [4.69, 9.17) is 5.11 Å². The van der Waals surface area contributed by atoms with Gasteiger partial charge in [0.05, 0.1) is 0 Å². The van der Waals surface area contributed by atoms with Crippen LogP contribution in [0.15, 0.2) is 0 Å². The molecule has 0 radical (unpaired) electrons. The summed E-state index contributed by atoms with van der Waals surface area (Å²) in [6.07, 6.45) is 1.74. The first-order valence-electron chi connectivity index (χ1n) is 6.48. The van der Waals surface area contributed by atoms with E-state index in [9.17, 15) is 14.4 Å². The lowest BCUT2D eigenvalue weighted by atomic mass is 10.2. The quantitative estimate of drug-likeness (QED) is 0.759. The van der Waals surface area contributed by atoms with Crippen molar-refractivity contribution < 1.29 is 19.5 Å². The van der Waals surface area contributed by atoms with Crippen LogP contribution >= 0.6 is 0 Å². The molecule has 19 heavy (non-hydrogen) atoms. The monoisotopic (exact) mass is 271 g/mol. The van der Waals surface area contributed by atoms with Gasteiger partial charge < -0.3 is 20.2 Å². The number of carbonyl (C=O) groups is 3. The molecule has 0 saturated carbocycles. The van der Waals surface area contributed by atoms with Crippen LogP contribution in [-0.2, 0) is 9.59 Å². The zero-order valence-electron chi connectivity index (χ0n) is 11.4. The SMILES string of the molecule is CCC[C@H](NC(=O)N1CCCN(C)C(=O)C1)C(=O)O. The lowest BCUT2D eigenvalue weighted by Crippen LogP contribution is -2.49. The first-order chi connectivity index (χ1) is 8.95. The van der Waals surface area contributed by atoms with E-state index < -0.39 is 18.0 Å². The predicted octanol–water partition coefficient (Wildman–Crippen LogP) is 0.113. The molecule has 2 N–H and O–H groups in total. The highest BCUT2D eigenvalue weighted by molar-refractivity contribution is 5.86. The van der Waals surface area contributed by atoms with E-state index in [2.05, 4.69) is 5.32 Å². The number of carboxylic acid groups (broad SMARTS) is 1. The molecule has 1 atom stereocenters. The molecule has 0 aromatic rings. The minimum absolute atomic E-state index is 0.000791. The van der Waals surface area contributed by atoms with Gasteiger partial charge in [-0.25, -0.2) is 9.59 Å². The van der Waals surface area contributed by atoms with Gasteiger partial charge in [0.25, 0.3) is 0 Å². The number of hydrogen-bond acceptors (Lipinski definition) is 3. The Kier molecular flexibility index (Phi) is 5.59. The molecule has 0 bridgehead atoms. The molecular formula is C12H21N3O4. The number of hydrogen-bond donors (Lipinski definition) is 2. The van der Waals surface area contributed by atoms with Crippen molar-refractivity contribution in [3.05, 3.63) is 0 Å². The lowest BCUT2D eigenvalue weighted by molar-refractivity contribution is -0.139. The van der Waals surface area contributed by atoms with Crippen molar-refractivity contribution in [2.75, 3.05) is 26.7 Å². The maximum Gasteiger partial charge on any atom is 0.326 e. The Morgan fingerprint density at radius 2 is 2.11 bits per heavy atom. The summed E-state index contributed by atoms with van der Waals surface area (Å²) in [5, 5.41) is 11.5. The van der Waals surface area contributed by atoms with Crippen molar-refractivity contribution >= 4 is 17.9 Å². The van der Waals surface area contributed by atoms with E-state index in [1.54, 1.807) is 11.9 Å². The Bertz CT molecular complexity index is 359. The van der Waals surface area contributed by atoms with Crippen LogP contribution in [0.2, 0.25) is 0 Å². The van der Waals surface area contributed by atoms with Crippen molar-refractivity contribution in [1.82, 2.24) is 15.1 Å². The van der Waals surface area contributed by atoms with Crippen LogP contribution < -0.4 is 5.32 Å². The molecule has 0 aromatic heterocycles. The molecule has 7 nitrogen and oxygen atoms in total. The average Bonchev–Trinajstić information content (AvgIpc) is 2.51. The molecule has 0 unspecified atom stereocenters. The minimum atomic E-state index is -1.05. The summed E-state index contributed by atoms with van der Waals surface area (Å²) < 4.78 is 0. The summed E-state index contributed by atoms with van der Waals surface area (Å²) in [6.45, 7) is 2.92. The van der Waals surface area contributed by atoms with E-state index in [0.717, 1.165) is 0 Å². The summed E-state index contributed by atoms with van der Waals surface area (Å²) in [6, 6.07) is -1.38. The average molecular weight is 271 g/mol. The largest absolute Gasteiger partial charge is 0.480 e. The highest BCUT2D eigenvalue weighted by atomic mass is 16.4. The van der Waals surface area contributed by atoms with Crippen LogP contribution in [0.5, 0.6) is 0 Å². The fourth-order valence-corrected chi connectivity index (χ4v) is 1.95. The van der Waals surface area contributed by atoms with Gasteiger partial charge in [-0.05, 0) is 12.8 Å². The standard InChI is InChI=1S/C12H21N3O4/c1-3-5-9(11(17)18)13-12(19)15-7-4-6-14(2)10(16)8-15/h9H,3-8H2,1-2H3,(H,13,19)(H,17,18)/t9-/m0/s1. The molecule has 3 amide bonds. The number of likely N-dealkylation sites (N-methyl/N-ethyl adjacent to an activating group) is 1. The number of carboxylic acids is 1. The Morgan fingerprint density at radius 3 is 2.68 bits per heavy atom. The van der Waals surface area contributed by atoms with Crippen LogP contribution in [0.4, 0.5) is 4.79 Å². The second kappa shape index (κ2) is 6.96. The molecule has 1 aliphatic heterocycles. The summed E-state index contributed by atoms with van der Waals surface area (Å²) in [7, 11) is 1.70. The van der Waals surface area contributed by atoms with Gasteiger partial charge in [0.2, 0.25) is 5.91 Å². The first-order valence-corrected chi connectivity index (χ1v) is 6.48. The Morgan fingerprint density at radius 1 is 1.42 bits per heavy atom. The fraction of sp³-hybridized carbons (Fsp3) is 0.750. The normalized spacial score (nSPS) is 17.9. The first kappa shape index (κ1) is 15.3. The van der Waals surface area contributed by atoms with E-state index in [0.29, 0.717) is 32.4 Å². The van der Waals surface area contributed by atoms with Gasteiger partial charge in [0.15, 0.2) is 0 Å². The summed E-state index contributed by atoms with van der Waals surface area (Å²) in [5.41, 5.74) is 0. The van der Waals surface area contributed by atoms with E-state index in [-0.39, 0.29) is 12.5 Å². The Balaban J connectivity index is 2.60. The second-order valence-electron chi connectivity index (χ2n) is 4.72. The summed E-state index contributed by atoms with van der Waals surface area (Å²) in [4.78, 5) is 37.6. The molecule has 1 heterocycles. The Labute approximate surface area is 112 Å². The third-order valence-corrected chi connectivity index (χ3v) is 3.13. The molecule has 7 heteroatoms. The molecule has 1 rings (SSSR count). The third-order valence-electron chi connectivity index (χ3n) is 3.13. The number of nitrogens with one attached hydrogen (secondary N) is 1. The van der Waals surface area contributed by atoms with E-state index in [1.807, 2.05) is 6.92 Å². The smallest absolute Gasteiger partial charge is 0.326 e. The van der Waals surface area contributed by atoms with Crippen molar-refractivity contribution in [2.45, 2.75) is 32.2 Å². The van der Waals surface area contributed by atoms with Gasteiger partial charge in [0, 0.05) is 20.1 Å². The highest BCUT2D eigenvalue weighted by Gasteiger charge is 2.26. The van der Waals surface area contributed by atoms with Crippen molar-refractivity contribution in [3.63, 3.8) is 0 Å². The number of aliphatic carboxylic acids is 1. The van der Waals surface area contributed by atoms with Crippen molar-refractivity contribution in [3.8, 4) is 0 Å². The summed E-state index contributed by atoms with van der Waals surface area (Å²) in [5.74, 6) is -1.18. The maximum absolute atomic E-state index is 12.0. The number of nitrogens with zero attached hydrogens (tertiary/aromatic N) is 2. The zero-order valence-corrected chi connectivity index (χ0v) is 11.4. The minimum Gasteiger partial charge on any atom is -0.480 e. The molecule has 0 spiro atoms. The summed E-state index contributed by atoms with van der Waals surface area (Å²) >= 11 is 0. The predicted molar refractivity (Wildman–Crippen MR) is 68.7 cm³/mol. The van der Waals surface area contributed by atoms with Crippen LogP contribution in [0.1, 0.15) is 26.2 Å². The number of urea groups is 1. The second-order valence-corrected chi connectivity index (χ2v) is 4.72. The van der Waals surface area contributed by atoms with Gasteiger partial charge in [-0.1, -0.05) is 13.3 Å². The van der Waals surface area contributed by atoms with Crippen LogP contribution in [-0.4, -0.2) is 65.5 Å². The van der Waals surface area contributed by atoms with Gasteiger partial charge in [0.1, 0.15) is 12.6 Å². The lowest BCUT2D eigenvalue weighted by Gasteiger charge is -2.22.